The Labute approximate surface area is 137 Å². The number of alkyl halides is 3. The van der Waals surface area contributed by atoms with E-state index in [2.05, 4.69) is 5.32 Å². The van der Waals surface area contributed by atoms with Crippen molar-refractivity contribution in [3.05, 3.63) is 52.7 Å². The van der Waals surface area contributed by atoms with Crippen molar-refractivity contribution in [2.24, 2.45) is 0 Å². The van der Waals surface area contributed by atoms with Gasteiger partial charge in [0.05, 0.1) is 7.11 Å². The predicted octanol–water partition coefficient (Wildman–Crippen LogP) is 3.79. The minimum Gasteiger partial charge on any atom is -0.497 e. The summed E-state index contributed by atoms with van der Waals surface area (Å²) in [5, 5.41) is 13.4. The number of methoxy groups -OCH3 is 1. The van der Waals surface area contributed by atoms with Crippen molar-refractivity contribution >= 4 is 11.6 Å². The van der Waals surface area contributed by atoms with Crippen LogP contribution in [0.1, 0.15) is 18.4 Å². The highest BCUT2D eigenvalue weighted by atomic mass is 35.5. The number of benzene rings is 1. The van der Waals surface area contributed by atoms with Gasteiger partial charge in [-0.25, -0.2) is 0 Å². The second-order valence-corrected chi connectivity index (χ2v) is 5.69. The van der Waals surface area contributed by atoms with Crippen LogP contribution < -0.4 is 10.1 Å². The first-order valence-electron chi connectivity index (χ1n) is 6.95. The van der Waals surface area contributed by atoms with Gasteiger partial charge >= 0.3 is 6.18 Å². The van der Waals surface area contributed by atoms with Crippen molar-refractivity contribution in [1.82, 2.24) is 5.32 Å². The second-order valence-electron chi connectivity index (χ2n) is 5.28. The molecule has 1 aliphatic rings. The molecule has 0 radical (unpaired) electrons. The van der Waals surface area contributed by atoms with Crippen molar-refractivity contribution in [1.29, 1.82) is 0 Å². The molecule has 0 saturated carbocycles. The number of nitrogens with one attached hydrogen (secondary N) is 1. The van der Waals surface area contributed by atoms with E-state index >= 15 is 0 Å². The van der Waals surface area contributed by atoms with E-state index in [1.807, 2.05) is 0 Å². The summed E-state index contributed by atoms with van der Waals surface area (Å²) >= 11 is 6.09. The molecular formula is C16H17ClF3NO2. The highest BCUT2D eigenvalue weighted by Gasteiger charge is 2.59. The molecule has 7 heteroatoms. The lowest BCUT2D eigenvalue weighted by atomic mass is 9.77. The van der Waals surface area contributed by atoms with Gasteiger partial charge in [0.2, 0.25) is 0 Å². The molecule has 2 atom stereocenters. The lowest BCUT2D eigenvalue weighted by molar-refractivity contribution is -0.250. The number of hydrogen-bond acceptors (Lipinski definition) is 3. The molecule has 2 rings (SSSR count). The smallest absolute Gasteiger partial charge is 0.422 e. The molecule has 2 N–H and O–H groups in total. The van der Waals surface area contributed by atoms with E-state index in [4.69, 9.17) is 16.3 Å². The second kappa shape index (κ2) is 6.45. The van der Waals surface area contributed by atoms with Gasteiger partial charge in [-0.05, 0) is 17.7 Å². The van der Waals surface area contributed by atoms with Crippen LogP contribution in [0.25, 0.3) is 0 Å². The Morgan fingerprint density at radius 2 is 2.04 bits per heavy atom. The third-order valence-corrected chi connectivity index (χ3v) is 4.29. The molecule has 1 aromatic carbocycles. The van der Waals surface area contributed by atoms with E-state index in [0.29, 0.717) is 12.3 Å². The molecule has 23 heavy (non-hydrogen) atoms. The van der Waals surface area contributed by atoms with Crippen molar-refractivity contribution in [2.45, 2.75) is 24.6 Å². The van der Waals surface area contributed by atoms with E-state index in [9.17, 15) is 18.3 Å². The zero-order valence-electron chi connectivity index (χ0n) is 12.6. The van der Waals surface area contributed by atoms with Crippen LogP contribution in [0.3, 0.4) is 0 Å². The zero-order chi connectivity index (χ0) is 17.3. The van der Waals surface area contributed by atoms with Gasteiger partial charge in [-0.3, -0.25) is 0 Å². The molecule has 1 heterocycles. The standard InChI is InChI=1S/C16H17ClF3NO2/c1-10(13-6-5-12(23-2)8-14(13)17)15(22,16(18,19)20)11-4-3-7-21-9-11/h3-6,8-10,21-22H,7H2,1-2H3. The van der Waals surface area contributed by atoms with Gasteiger partial charge in [0.25, 0.3) is 0 Å². The zero-order valence-corrected chi connectivity index (χ0v) is 13.4. The fourth-order valence-corrected chi connectivity index (χ4v) is 2.91. The van der Waals surface area contributed by atoms with Crippen LogP contribution in [-0.2, 0) is 0 Å². The Kier molecular flexibility index (Phi) is 4.96. The summed E-state index contributed by atoms with van der Waals surface area (Å²) in [6, 6.07) is 4.37. The molecule has 0 fully saturated rings. The van der Waals surface area contributed by atoms with Crippen molar-refractivity contribution in [3.8, 4) is 5.75 Å². The monoisotopic (exact) mass is 347 g/mol. The average Bonchev–Trinajstić information content (AvgIpc) is 2.53. The number of halogens is 4. The number of dihydropyridines is 1. The Bertz CT molecular complexity index is 643. The third kappa shape index (κ3) is 3.19. The minimum atomic E-state index is -4.87. The van der Waals surface area contributed by atoms with Gasteiger partial charge in [0.15, 0.2) is 5.60 Å². The van der Waals surface area contributed by atoms with Gasteiger partial charge in [-0.2, -0.15) is 13.2 Å². The van der Waals surface area contributed by atoms with E-state index in [-0.39, 0.29) is 16.2 Å². The quantitative estimate of drug-likeness (QED) is 0.870. The van der Waals surface area contributed by atoms with Crippen LogP contribution in [0, 0.1) is 0 Å². The Morgan fingerprint density at radius 1 is 1.35 bits per heavy atom. The van der Waals surface area contributed by atoms with E-state index in [1.54, 1.807) is 0 Å². The number of ether oxygens (including phenoxy) is 1. The summed E-state index contributed by atoms with van der Waals surface area (Å²) in [6.45, 7) is 1.71. The Balaban J connectivity index is 2.52. The molecular weight excluding hydrogens is 331 g/mol. The van der Waals surface area contributed by atoms with Gasteiger partial charge in [-0.15, -0.1) is 0 Å². The van der Waals surface area contributed by atoms with Crippen molar-refractivity contribution in [2.75, 3.05) is 13.7 Å². The fraction of sp³-hybridized carbons (Fsp3) is 0.375. The molecule has 0 amide bonds. The maximum Gasteiger partial charge on any atom is 0.422 e. The highest BCUT2D eigenvalue weighted by molar-refractivity contribution is 6.31. The molecule has 0 aromatic heterocycles. The molecule has 126 valence electrons. The summed E-state index contributed by atoms with van der Waals surface area (Å²) in [6.07, 6.45) is -0.890. The first-order valence-corrected chi connectivity index (χ1v) is 7.32. The normalized spacial score (nSPS) is 18.7. The average molecular weight is 348 g/mol. The molecule has 0 aliphatic carbocycles. The van der Waals surface area contributed by atoms with Crippen LogP contribution in [0.15, 0.2) is 42.1 Å². The number of hydrogen-bond donors (Lipinski definition) is 2. The largest absolute Gasteiger partial charge is 0.497 e. The number of rotatable bonds is 4. The molecule has 1 aliphatic heterocycles. The molecule has 0 spiro atoms. The first kappa shape index (κ1) is 17.7. The molecule has 0 saturated heterocycles. The van der Waals surface area contributed by atoms with Crippen LogP contribution >= 0.6 is 11.6 Å². The van der Waals surface area contributed by atoms with Gasteiger partial charge < -0.3 is 15.2 Å². The maximum absolute atomic E-state index is 13.7. The Hall–Kier alpha value is -1.66. The van der Waals surface area contributed by atoms with E-state index in [1.165, 1.54) is 50.6 Å². The van der Waals surface area contributed by atoms with Gasteiger partial charge in [-0.1, -0.05) is 36.7 Å². The molecule has 3 nitrogen and oxygen atoms in total. The van der Waals surface area contributed by atoms with Crippen LogP contribution in [0.4, 0.5) is 13.2 Å². The first-order chi connectivity index (χ1) is 10.7. The van der Waals surface area contributed by atoms with Crippen LogP contribution in [0.2, 0.25) is 5.02 Å². The lowest BCUT2D eigenvalue weighted by Crippen LogP contribution is -2.51. The van der Waals surface area contributed by atoms with Gasteiger partial charge in [0.1, 0.15) is 5.75 Å². The third-order valence-electron chi connectivity index (χ3n) is 3.96. The molecule has 1 aromatic rings. The summed E-state index contributed by atoms with van der Waals surface area (Å²) in [4.78, 5) is 0. The van der Waals surface area contributed by atoms with Crippen molar-refractivity contribution in [3.63, 3.8) is 0 Å². The number of aliphatic hydroxyl groups is 1. The highest BCUT2D eigenvalue weighted by Crippen LogP contribution is 2.48. The summed E-state index contributed by atoms with van der Waals surface area (Å²) in [7, 11) is 1.43. The van der Waals surface area contributed by atoms with E-state index in [0.717, 1.165) is 0 Å². The molecule has 2 unspecified atom stereocenters. The fourth-order valence-electron chi connectivity index (χ4n) is 2.58. The minimum absolute atomic E-state index is 0.105. The summed E-state index contributed by atoms with van der Waals surface area (Å²) in [5.74, 6) is -0.878. The predicted molar refractivity (Wildman–Crippen MR) is 82.6 cm³/mol. The lowest BCUT2D eigenvalue weighted by Gasteiger charge is -2.38. The van der Waals surface area contributed by atoms with E-state index < -0.39 is 17.7 Å². The van der Waals surface area contributed by atoms with Gasteiger partial charge in [0, 0.05) is 29.3 Å². The summed E-state index contributed by atoms with van der Waals surface area (Å²) in [5.41, 5.74) is -3.13. The molecule has 0 bridgehead atoms. The topological polar surface area (TPSA) is 41.5 Å². The van der Waals surface area contributed by atoms with Crippen LogP contribution in [-0.4, -0.2) is 30.5 Å². The van der Waals surface area contributed by atoms with Crippen LogP contribution in [0.5, 0.6) is 5.75 Å². The van der Waals surface area contributed by atoms with Crippen molar-refractivity contribution < 1.29 is 23.0 Å². The Morgan fingerprint density at radius 3 is 2.52 bits per heavy atom. The SMILES string of the molecule is COc1ccc(C(C)C(O)(C2=CNCC=C2)C(F)(F)F)c(Cl)c1. The summed E-state index contributed by atoms with van der Waals surface area (Å²) < 4.78 is 46.0. The maximum atomic E-state index is 13.7.